The summed E-state index contributed by atoms with van der Waals surface area (Å²) in [4.78, 5) is 0. The molecule has 0 aliphatic heterocycles. The molecule has 1 atom stereocenters. The van der Waals surface area contributed by atoms with Crippen molar-refractivity contribution in [3.63, 3.8) is 0 Å². The molecule has 0 N–H and O–H groups in total. The molecule has 1 aliphatic rings. The van der Waals surface area contributed by atoms with E-state index in [0.29, 0.717) is 5.92 Å². The van der Waals surface area contributed by atoms with E-state index in [1.165, 1.54) is 5.57 Å². The van der Waals surface area contributed by atoms with Crippen molar-refractivity contribution in [3.8, 4) is 0 Å². The van der Waals surface area contributed by atoms with Crippen molar-refractivity contribution in [1.82, 2.24) is 0 Å². The van der Waals surface area contributed by atoms with Gasteiger partial charge in [0.15, 0.2) is 0 Å². The summed E-state index contributed by atoms with van der Waals surface area (Å²) in [5, 5.41) is 1.68. The van der Waals surface area contributed by atoms with Crippen molar-refractivity contribution in [3.05, 3.63) is 21.7 Å². The maximum atomic E-state index is 5.87. The van der Waals surface area contributed by atoms with E-state index in [0.717, 1.165) is 16.5 Å². The van der Waals surface area contributed by atoms with E-state index >= 15 is 0 Å². The van der Waals surface area contributed by atoms with Crippen molar-refractivity contribution in [2.24, 2.45) is 5.92 Å². The first-order valence-corrected chi connectivity index (χ1v) is 4.09. The normalized spacial score (nSPS) is 26.8. The van der Waals surface area contributed by atoms with E-state index < -0.39 is 0 Å². The van der Waals surface area contributed by atoms with Crippen molar-refractivity contribution < 1.29 is 0 Å². The van der Waals surface area contributed by atoms with Gasteiger partial charge in [-0.1, -0.05) is 35.7 Å². The minimum Gasteiger partial charge on any atom is -0.0888 e. The molecule has 0 aromatic carbocycles. The highest BCUT2D eigenvalue weighted by atomic mass is 35.5. The Labute approximate surface area is 71.5 Å². The zero-order valence-electron chi connectivity index (χ0n) is 6.12. The summed E-state index contributed by atoms with van der Waals surface area (Å²) >= 11 is 11.7. The SMILES string of the molecule is CC1=C(Cl)C=C(Cl)C(C)C1. The molecule has 0 amide bonds. The minimum absolute atomic E-state index is 0.448. The molecule has 1 rings (SSSR count). The number of halogens is 2. The molecular weight excluding hydrogens is 167 g/mol. The molecule has 10 heavy (non-hydrogen) atoms. The van der Waals surface area contributed by atoms with Crippen LogP contribution in [0.2, 0.25) is 0 Å². The standard InChI is InChI=1S/C8H10Cl2/c1-5-3-6(2)8(10)4-7(5)9/h4-5H,3H2,1-2H3. The topological polar surface area (TPSA) is 0 Å². The third kappa shape index (κ3) is 1.56. The van der Waals surface area contributed by atoms with E-state index in [9.17, 15) is 0 Å². The van der Waals surface area contributed by atoms with E-state index in [-0.39, 0.29) is 0 Å². The lowest BCUT2D eigenvalue weighted by Crippen LogP contribution is -2.01. The predicted molar refractivity (Wildman–Crippen MR) is 46.3 cm³/mol. The third-order valence-electron chi connectivity index (χ3n) is 1.76. The second-order valence-corrected chi connectivity index (χ2v) is 3.61. The van der Waals surface area contributed by atoms with Crippen LogP contribution in [0.1, 0.15) is 20.3 Å². The lowest BCUT2D eigenvalue weighted by atomic mass is 9.97. The molecule has 1 aliphatic carbocycles. The average molecular weight is 177 g/mol. The molecule has 0 radical (unpaired) electrons. The van der Waals surface area contributed by atoms with Crippen LogP contribution in [0.4, 0.5) is 0 Å². The molecule has 2 heteroatoms. The zero-order valence-corrected chi connectivity index (χ0v) is 7.63. The number of hydrogen-bond acceptors (Lipinski definition) is 0. The lowest BCUT2D eigenvalue weighted by molar-refractivity contribution is 0.691. The van der Waals surface area contributed by atoms with Gasteiger partial charge in [0.05, 0.1) is 0 Å². The van der Waals surface area contributed by atoms with Crippen molar-refractivity contribution >= 4 is 23.2 Å². The van der Waals surface area contributed by atoms with E-state index in [2.05, 4.69) is 6.92 Å². The summed E-state index contributed by atoms with van der Waals surface area (Å²) in [6.07, 6.45) is 2.83. The van der Waals surface area contributed by atoms with Crippen LogP contribution in [0, 0.1) is 5.92 Å². The highest BCUT2D eigenvalue weighted by Crippen LogP contribution is 2.32. The second-order valence-electron chi connectivity index (χ2n) is 2.76. The summed E-state index contributed by atoms with van der Waals surface area (Å²) in [6.45, 7) is 4.14. The Balaban J connectivity index is 2.88. The Morgan fingerprint density at radius 2 is 2.10 bits per heavy atom. The number of allylic oxidation sites excluding steroid dienone is 4. The fourth-order valence-corrected chi connectivity index (χ4v) is 1.48. The monoisotopic (exact) mass is 176 g/mol. The first-order chi connectivity index (χ1) is 4.61. The predicted octanol–water partition coefficient (Wildman–Crippen LogP) is 3.66. The molecule has 0 saturated carbocycles. The third-order valence-corrected chi connectivity index (χ3v) is 2.67. The number of rotatable bonds is 0. The number of hydrogen-bond donors (Lipinski definition) is 0. The second kappa shape index (κ2) is 2.98. The summed E-state index contributed by atoms with van der Waals surface area (Å²) < 4.78 is 0. The Kier molecular flexibility index (Phi) is 2.43. The Morgan fingerprint density at radius 1 is 1.50 bits per heavy atom. The maximum Gasteiger partial charge on any atom is 0.0407 e. The van der Waals surface area contributed by atoms with Crippen LogP contribution in [0.3, 0.4) is 0 Å². The van der Waals surface area contributed by atoms with E-state index in [1.54, 1.807) is 0 Å². The van der Waals surface area contributed by atoms with Crippen LogP contribution < -0.4 is 0 Å². The highest BCUT2D eigenvalue weighted by Gasteiger charge is 2.14. The van der Waals surface area contributed by atoms with E-state index in [1.807, 2.05) is 13.0 Å². The quantitative estimate of drug-likeness (QED) is 0.529. The van der Waals surface area contributed by atoms with Crippen LogP contribution in [-0.4, -0.2) is 0 Å². The minimum atomic E-state index is 0.448. The first kappa shape index (κ1) is 8.16. The molecule has 0 aromatic rings. The summed E-state index contributed by atoms with van der Waals surface area (Å²) in [6, 6.07) is 0. The van der Waals surface area contributed by atoms with Crippen LogP contribution in [-0.2, 0) is 0 Å². The van der Waals surface area contributed by atoms with Crippen molar-refractivity contribution in [2.45, 2.75) is 20.3 Å². The summed E-state index contributed by atoms with van der Waals surface area (Å²) in [7, 11) is 0. The maximum absolute atomic E-state index is 5.87. The van der Waals surface area contributed by atoms with Gasteiger partial charge < -0.3 is 0 Å². The Morgan fingerprint density at radius 3 is 2.60 bits per heavy atom. The average Bonchev–Trinajstić information content (AvgIpc) is 1.84. The fraction of sp³-hybridized carbons (Fsp3) is 0.500. The Hall–Kier alpha value is 0.0600. The van der Waals surface area contributed by atoms with Gasteiger partial charge >= 0.3 is 0 Å². The van der Waals surface area contributed by atoms with Crippen LogP contribution in [0.5, 0.6) is 0 Å². The molecule has 1 unspecified atom stereocenters. The molecule has 0 spiro atoms. The van der Waals surface area contributed by atoms with Gasteiger partial charge in [-0.25, -0.2) is 0 Å². The summed E-state index contributed by atoms with van der Waals surface area (Å²) in [5.74, 6) is 0.448. The zero-order chi connectivity index (χ0) is 7.72. The van der Waals surface area contributed by atoms with Crippen LogP contribution in [0.25, 0.3) is 0 Å². The Bertz CT molecular complexity index is 201. The van der Waals surface area contributed by atoms with E-state index in [4.69, 9.17) is 23.2 Å². The van der Waals surface area contributed by atoms with Crippen molar-refractivity contribution in [1.29, 1.82) is 0 Å². The highest BCUT2D eigenvalue weighted by molar-refractivity contribution is 6.35. The molecule has 0 nitrogen and oxygen atoms in total. The summed E-state index contributed by atoms with van der Waals surface area (Å²) in [5.41, 5.74) is 1.23. The van der Waals surface area contributed by atoms with Gasteiger partial charge in [-0.05, 0) is 25.3 Å². The fourth-order valence-electron chi connectivity index (χ4n) is 1.04. The molecular formula is C8H10Cl2. The van der Waals surface area contributed by atoms with Gasteiger partial charge in [0.2, 0.25) is 0 Å². The van der Waals surface area contributed by atoms with Crippen LogP contribution >= 0.6 is 23.2 Å². The molecule has 0 bridgehead atoms. The molecule has 0 saturated heterocycles. The van der Waals surface area contributed by atoms with Crippen molar-refractivity contribution in [2.75, 3.05) is 0 Å². The van der Waals surface area contributed by atoms with Gasteiger partial charge in [-0.3, -0.25) is 0 Å². The smallest absolute Gasteiger partial charge is 0.0407 e. The van der Waals surface area contributed by atoms with Gasteiger partial charge in [0.25, 0.3) is 0 Å². The molecule has 0 heterocycles. The van der Waals surface area contributed by atoms with Gasteiger partial charge in [-0.2, -0.15) is 0 Å². The molecule has 56 valence electrons. The van der Waals surface area contributed by atoms with Gasteiger partial charge in [0, 0.05) is 10.1 Å². The van der Waals surface area contributed by atoms with Crippen LogP contribution in [0.15, 0.2) is 21.7 Å². The van der Waals surface area contributed by atoms with Gasteiger partial charge in [0.1, 0.15) is 0 Å². The van der Waals surface area contributed by atoms with Gasteiger partial charge in [-0.15, -0.1) is 0 Å². The molecule has 0 fully saturated rings. The largest absolute Gasteiger partial charge is 0.0888 e. The lowest BCUT2D eigenvalue weighted by Gasteiger charge is -2.16. The molecule has 0 aromatic heterocycles. The first-order valence-electron chi connectivity index (χ1n) is 3.33.